The third-order valence-electron chi connectivity index (χ3n) is 1.69. The predicted molar refractivity (Wildman–Crippen MR) is 50.6 cm³/mol. The van der Waals surface area contributed by atoms with E-state index in [-0.39, 0.29) is 5.78 Å². The molecular weight excluding hydrogens is 164 g/mol. The molecule has 0 fully saturated rings. The highest BCUT2D eigenvalue weighted by Gasteiger charge is 2.09. The second-order valence-electron chi connectivity index (χ2n) is 2.79. The normalized spacial score (nSPS) is 9.15. The number of Topliss-reactive ketones (excluding diaryl/α,β-unsaturated/α-hetero) is 1. The Morgan fingerprint density at radius 2 is 2.31 bits per heavy atom. The molecule has 0 spiro atoms. The predicted octanol–water partition coefficient (Wildman–Crippen LogP) is 2.55. The Morgan fingerprint density at radius 3 is 2.77 bits per heavy atom. The number of rotatable bonds is 1. The molecule has 0 bridgehead atoms. The van der Waals surface area contributed by atoms with Gasteiger partial charge < -0.3 is 4.42 Å². The lowest BCUT2D eigenvalue weighted by Crippen LogP contribution is -1.90. The van der Waals surface area contributed by atoms with Crippen molar-refractivity contribution in [2.45, 2.75) is 27.2 Å². The van der Waals surface area contributed by atoms with Crippen LogP contribution in [-0.2, 0) is 0 Å². The molecule has 0 aromatic carbocycles. The van der Waals surface area contributed by atoms with Gasteiger partial charge in [0.25, 0.3) is 0 Å². The summed E-state index contributed by atoms with van der Waals surface area (Å²) in [5.41, 5.74) is 0.625. The van der Waals surface area contributed by atoms with E-state index < -0.39 is 0 Å². The van der Waals surface area contributed by atoms with Crippen LogP contribution in [0.5, 0.6) is 0 Å². The molecular formula is C11H12O2. The van der Waals surface area contributed by atoms with Crippen molar-refractivity contribution in [1.29, 1.82) is 0 Å². The van der Waals surface area contributed by atoms with Gasteiger partial charge in [-0.3, -0.25) is 4.79 Å². The van der Waals surface area contributed by atoms with E-state index in [2.05, 4.69) is 11.8 Å². The Bertz CT molecular complexity index is 375. The first-order chi connectivity index (χ1) is 6.15. The van der Waals surface area contributed by atoms with E-state index in [1.165, 1.54) is 6.92 Å². The lowest BCUT2D eigenvalue weighted by molar-refractivity contribution is 0.101. The summed E-state index contributed by atoms with van der Waals surface area (Å²) in [4.78, 5) is 11.0. The van der Waals surface area contributed by atoms with Crippen LogP contribution >= 0.6 is 0 Å². The van der Waals surface area contributed by atoms with Gasteiger partial charge in [0.2, 0.25) is 0 Å². The molecule has 0 amide bonds. The summed E-state index contributed by atoms with van der Waals surface area (Å²) in [7, 11) is 0. The van der Waals surface area contributed by atoms with E-state index >= 15 is 0 Å². The molecule has 0 saturated carbocycles. The van der Waals surface area contributed by atoms with Crippen molar-refractivity contribution in [1.82, 2.24) is 0 Å². The summed E-state index contributed by atoms with van der Waals surface area (Å²) < 4.78 is 5.28. The monoisotopic (exact) mass is 176 g/mol. The van der Waals surface area contributed by atoms with Gasteiger partial charge in [0, 0.05) is 12.5 Å². The van der Waals surface area contributed by atoms with Gasteiger partial charge >= 0.3 is 0 Å². The fourth-order valence-electron chi connectivity index (χ4n) is 1.07. The first-order valence-corrected chi connectivity index (χ1v) is 4.25. The number of furan rings is 1. The summed E-state index contributed by atoms with van der Waals surface area (Å²) in [6, 6.07) is 1.69. The molecule has 2 heteroatoms. The van der Waals surface area contributed by atoms with Gasteiger partial charge in [-0.2, -0.15) is 0 Å². The van der Waals surface area contributed by atoms with Crippen LogP contribution in [-0.4, -0.2) is 5.78 Å². The highest BCUT2D eigenvalue weighted by molar-refractivity contribution is 5.95. The second kappa shape index (κ2) is 3.95. The van der Waals surface area contributed by atoms with Crippen molar-refractivity contribution in [3.05, 3.63) is 23.2 Å². The minimum Gasteiger partial charge on any atom is -0.452 e. The highest BCUT2D eigenvalue weighted by atomic mass is 16.3. The summed E-state index contributed by atoms with van der Waals surface area (Å²) >= 11 is 0. The topological polar surface area (TPSA) is 30.2 Å². The fourth-order valence-corrected chi connectivity index (χ4v) is 1.07. The Balaban J connectivity index is 3.02. The fraction of sp³-hybridized carbons (Fsp3) is 0.364. The van der Waals surface area contributed by atoms with E-state index in [0.717, 1.165) is 6.42 Å². The van der Waals surface area contributed by atoms with Crippen molar-refractivity contribution in [3.8, 4) is 11.8 Å². The van der Waals surface area contributed by atoms with Crippen LogP contribution in [0.2, 0.25) is 0 Å². The van der Waals surface area contributed by atoms with E-state index in [1.807, 2.05) is 6.92 Å². The number of ketones is 1. The highest BCUT2D eigenvalue weighted by Crippen LogP contribution is 2.13. The molecule has 0 radical (unpaired) electrons. The number of hydrogen-bond donors (Lipinski definition) is 0. The van der Waals surface area contributed by atoms with Crippen molar-refractivity contribution in [2.24, 2.45) is 0 Å². The Labute approximate surface area is 77.9 Å². The zero-order valence-corrected chi connectivity index (χ0v) is 8.10. The van der Waals surface area contributed by atoms with Gasteiger partial charge in [-0.05, 0) is 19.8 Å². The minimum absolute atomic E-state index is 0.0193. The number of carbonyl (C=O) groups is 1. The zero-order valence-electron chi connectivity index (χ0n) is 8.10. The van der Waals surface area contributed by atoms with E-state index in [0.29, 0.717) is 17.1 Å². The van der Waals surface area contributed by atoms with Crippen LogP contribution in [0.3, 0.4) is 0 Å². The van der Waals surface area contributed by atoms with Gasteiger partial charge in [-0.1, -0.05) is 12.8 Å². The molecule has 1 aromatic heterocycles. The van der Waals surface area contributed by atoms with Crippen LogP contribution in [0, 0.1) is 18.8 Å². The third-order valence-corrected chi connectivity index (χ3v) is 1.69. The minimum atomic E-state index is 0.0193. The van der Waals surface area contributed by atoms with E-state index in [4.69, 9.17) is 4.42 Å². The quantitative estimate of drug-likeness (QED) is 0.486. The third kappa shape index (κ3) is 2.22. The molecule has 0 saturated heterocycles. The van der Waals surface area contributed by atoms with Gasteiger partial charge in [0.05, 0.1) is 5.56 Å². The summed E-state index contributed by atoms with van der Waals surface area (Å²) in [5, 5.41) is 0. The molecule has 0 aliphatic carbocycles. The molecule has 0 aliphatic heterocycles. The first kappa shape index (κ1) is 9.60. The maximum atomic E-state index is 11.0. The van der Waals surface area contributed by atoms with Crippen molar-refractivity contribution in [2.75, 3.05) is 0 Å². The first-order valence-electron chi connectivity index (χ1n) is 4.25. The maximum absolute atomic E-state index is 11.0. The van der Waals surface area contributed by atoms with E-state index in [9.17, 15) is 4.79 Å². The van der Waals surface area contributed by atoms with Crippen LogP contribution in [0.15, 0.2) is 10.5 Å². The van der Waals surface area contributed by atoms with Crippen molar-refractivity contribution in [3.63, 3.8) is 0 Å². The molecule has 0 atom stereocenters. The zero-order chi connectivity index (χ0) is 9.84. The largest absolute Gasteiger partial charge is 0.452 e. The lowest BCUT2D eigenvalue weighted by atomic mass is 10.2. The summed E-state index contributed by atoms with van der Waals surface area (Å²) in [6.07, 6.45) is 0.787. The van der Waals surface area contributed by atoms with Gasteiger partial charge in [-0.25, -0.2) is 0 Å². The standard InChI is InChI=1S/C11H12O2/c1-4-5-6-10-7-11(8(2)12)9(3)13-10/h7H,4H2,1-3H3. The average Bonchev–Trinajstić information content (AvgIpc) is 2.43. The molecule has 1 heterocycles. The number of carbonyl (C=O) groups excluding carboxylic acids is 1. The number of hydrogen-bond acceptors (Lipinski definition) is 2. The van der Waals surface area contributed by atoms with Crippen LogP contribution in [0.25, 0.3) is 0 Å². The van der Waals surface area contributed by atoms with Crippen molar-refractivity contribution >= 4 is 5.78 Å². The van der Waals surface area contributed by atoms with E-state index in [1.54, 1.807) is 13.0 Å². The molecule has 1 rings (SSSR count). The van der Waals surface area contributed by atoms with Gasteiger partial charge in [0.15, 0.2) is 11.5 Å². The van der Waals surface area contributed by atoms with Crippen LogP contribution < -0.4 is 0 Å². The Kier molecular flexibility index (Phi) is 2.92. The Hall–Kier alpha value is -1.49. The molecule has 0 N–H and O–H groups in total. The number of aryl methyl sites for hydroxylation is 1. The average molecular weight is 176 g/mol. The van der Waals surface area contributed by atoms with Crippen LogP contribution in [0.1, 0.15) is 42.1 Å². The SMILES string of the molecule is CCC#Cc1cc(C(C)=O)c(C)o1. The molecule has 1 aromatic rings. The second-order valence-corrected chi connectivity index (χ2v) is 2.79. The maximum Gasteiger partial charge on any atom is 0.177 e. The Morgan fingerprint density at radius 1 is 1.62 bits per heavy atom. The molecule has 2 nitrogen and oxygen atoms in total. The molecule has 68 valence electrons. The van der Waals surface area contributed by atoms with Gasteiger partial charge in [0.1, 0.15) is 5.76 Å². The van der Waals surface area contributed by atoms with Crippen LogP contribution in [0.4, 0.5) is 0 Å². The molecule has 0 aliphatic rings. The summed E-state index contributed by atoms with van der Waals surface area (Å²) in [5.74, 6) is 6.97. The molecule has 0 unspecified atom stereocenters. The summed E-state index contributed by atoms with van der Waals surface area (Å²) in [6.45, 7) is 5.26. The van der Waals surface area contributed by atoms with Gasteiger partial charge in [-0.15, -0.1) is 0 Å². The smallest absolute Gasteiger partial charge is 0.177 e. The molecule has 13 heavy (non-hydrogen) atoms. The van der Waals surface area contributed by atoms with Crippen molar-refractivity contribution < 1.29 is 9.21 Å². The lowest BCUT2D eigenvalue weighted by Gasteiger charge is -1.86.